The molecule has 0 saturated carbocycles. The summed E-state index contributed by atoms with van der Waals surface area (Å²) in [5.74, 6) is 0. The Hall–Kier alpha value is -2.41. The number of pyridine rings is 1. The van der Waals surface area contributed by atoms with Crippen LogP contribution < -0.4 is 0 Å². The highest BCUT2D eigenvalue weighted by Gasteiger charge is 2.02. The number of unbranched alkanes of at least 4 members (excludes halogenated alkanes) is 4. The normalized spacial score (nSPS) is 11.0. The van der Waals surface area contributed by atoms with Gasteiger partial charge in [-0.3, -0.25) is 4.98 Å². The Balaban J connectivity index is 1.49. The molecule has 0 N–H and O–H groups in total. The molecule has 0 radical (unpaired) electrons. The van der Waals surface area contributed by atoms with Crippen LogP contribution in [0.3, 0.4) is 0 Å². The van der Waals surface area contributed by atoms with Crippen LogP contribution >= 0.6 is 0 Å². The lowest BCUT2D eigenvalue weighted by Crippen LogP contribution is -1.94. The molecule has 0 amide bonds. The largest absolute Gasteiger partial charge is 0.256 e. The van der Waals surface area contributed by atoms with Crippen LogP contribution in [0.5, 0.6) is 0 Å². The molecular formula is C29H37N. The molecule has 0 aliphatic rings. The summed E-state index contributed by atoms with van der Waals surface area (Å²) < 4.78 is 0. The molecule has 0 saturated heterocycles. The standard InChI is InChI=1S/C29H37N/c1-3-5-7-8-10-25-17-20-28(21-18-25)29-22-19-27(23-30-29)16-15-26-13-11-24(12-14-26)9-6-4-2/h11-14,17-23H,3-10,15-16H2,1-2H3. The maximum atomic E-state index is 4.73. The summed E-state index contributed by atoms with van der Waals surface area (Å²) in [6, 6.07) is 22.5. The van der Waals surface area contributed by atoms with E-state index in [4.69, 9.17) is 4.98 Å². The van der Waals surface area contributed by atoms with Gasteiger partial charge in [0.2, 0.25) is 0 Å². The number of nitrogens with zero attached hydrogens (tertiary/aromatic N) is 1. The fourth-order valence-electron chi connectivity index (χ4n) is 3.88. The van der Waals surface area contributed by atoms with E-state index in [1.54, 1.807) is 0 Å². The first kappa shape index (κ1) is 22.3. The molecule has 30 heavy (non-hydrogen) atoms. The smallest absolute Gasteiger partial charge is 0.0702 e. The second kappa shape index (κ2) is 12.3. The number of aromatic nitrogens is 1. The molecule has 0 spiro atoms. The van der Waals surface area contributed by atoms with Crippen molar-refractivity contribution in [2.24, 2.45) is 0 Å². The van der Waals surface area contributed by atoms with E-state index in [1.165, 1.54) is 79.2 Å². The molecule has 3 rings (SSSR count). The minimum absolute atomic E-state index is 1.04. The van der Waals surface area contributed by atoms with Gasteiger partial charge in [-0.15, -0.1) is 0 Å². The first-order chi connectivity index (χ1) is 14.8. The summed E-state index contributed by atoms with van der Waals surface area (Å²) in [6.07, 6.45) is 14.3. The SMILES string of the molecule is CCCCCCc1ccc(-c2ccc(CCc3ccc(CCCC)cc3)cn2)cc1. The van der Waals surface area contributed by atoms with Crippen molar-refractivity contribution < 1.29 is 0 Å². The van der Waals surface area contributed by atoms with E-state index in [1.807, 2.05) is 6.20 Å². The quantitative estimate of drug-likeness (QED) is 0.281. The van der Waals surface area contributed by atoms with Crippen molar-refractivity contribution in [3.63, 3.8) is 0 Å². The van der Waals surface area contributed by atoms with E-state index in [0.29, 0.717) is 0 Å². The van der Waals surface area contributed by atoms with E-state index in [0.717, 1.165) is 18.5 Å². The molecule has 158 valence electrons. The van der Waals surface area contributed by atoms with Crippen molar-refractivity contribution in [1.29, 1.82) is 0 Å². The Labute approximate surface area is 183 Å². The Morgan fingerprint density at radius 3 is 1.63 bits per heavy atom. The number of hydrogen-bond acceptors (Lipinski definition) is 1. The zero-order valence-electron chi connectivity index (χ0n) is 18.9. The second-order valence-corrected chi connectivity index (χ2v) is 8.48. The van der Waals surface area contributed by atoms with Gasteiger partial charge in [0.25, 0.3) is 0 Å². The third kappa shape index (κ3) is 7.13. The molecule has 0 bridgehead atoms. The van der Waals surface area contributed by atoms with Crippen LogP contribution in [0, 0.1) is 0 Å². The predicted octanol–water partition coefficient (Wildman–Crippen LogP) is 8.00. The van der Waals surface area contributed by atoms with E-state index < -0.39 is 0 Å². The number of aryl methyl sites for hydroxylation is 4. The molecule has 1 heteroatoms. The number of rotatable bonds is 12. The highest BCUT2D eigenvalue weighted by Crippen LogP contribution is 2.19. The molecule has 1 heterocycles. The molecule has 0 aliphatic heterocycles. The molecule has 0 fully saturated rings. The Morgan fingerprint density at radius 1 is 0.500 bits per heavy atom. The third-order valence-corrected chi connectivity index (χ3v) is 5.94. The topological polar surface area (TPSA) is 12.9 Å². The molecular weight excluding hydrogens is 362 g/mol. The van der Waals surface area contributed by atoms with Crippen LogP contribution in [0.25, 0.3) is 11.3 Å². The van der Waals surface area contributed by atoms with Gasteiger partial charge in [0.15, 0.2) is 0 Å². The van der Waals surface area contributed by atoms with Gasteiger partial charge in [0.05, 0.1) is 5.69 Å². The lowest BCUT2D eigenvalue weighted by Gasteiger charge is -2.07. The summed E-state index contributed by atoms with van der Waals surface area (Å²) in [5, 5.41) is 0. The van der Waals surface area contributed by atoms with Crippen molar-refractivity contribution in [2.75, 3.05) is 0 Å². The maximum absolute atomic E-state index is 4.73. The van der Waals surface area contributed by atoms with Crippen LogP contribution in [-0.2, 0) is 25.7 Å². The molecule has 1 nitrogen and oxygen atoms in total. The molecule has 2 aromatic carbocycles. The summed E-state index contributed by atoms with van der Waals surface area (Å²) in [7, 11) is 0. The molecule has 3 aromatic rings. The summed E-state index contributed by atoms with van der Waals surface area (Å²) in [6.45, 7) is 4.51. The summed E-state index contributed by atoms with van der Waals surface area (Å²) >= 11 is 0. The van der Waals surface area contributed by atoms with Gasteiger partial charge in [-0.05, 0) is 66.8 Å². The maximum Gasteiger partial charge on any atom is 0.0702 e. The fourth-order valence-corrected chi connectivity index (χ4v) is 3.88. The Morgan fingerprint density at radius 2 is 1.03 bits per heavy atom. The number of hydrogen-bond donors (Lipinski definition) is 0. The third-order valence-electron chi connectivity index (χ3n) is 5.94. The Kier molecular flexibility index (Phi) is 9.15. The summed E-state index contributed by atoms with van der Waals surface area (Å²) in [4.78, 5) is 4.73. The monoisotopic (exact) mass is 399 g/mol. The minimum Gasteiger partial charge on any atom is -0.256 e. The summed E-state index contributed by atoms with van der Waals surface area (Å²) in [5.41, 5.74) is 7.89. The fraction of sp³-hybridized carbons (Fsp3) is 0.414. The van der Waals surface area contributed by atoms with Gasteiger partial charge in [0, 0.05) is 11.8 Å². The molecule has 1 aromatic heterocycles. The van der Waals surface area contributed by atoms with Crippen LogP contribution in [-0.4, -0.2) is 4.98 Å². The van der Waals surface area contributed by atoms with Gasteiger partial charge < -0.3 is 0 Å². The lowest BCUT2D eigenvalue weighted by molar-refractivity contribution is 0.667. The van der Waals surface area contributed by atoms with Gasteiger partial charge in [-0.1, -0.05) is 94.1 Å². The van der Waals surface area contributed by atoms with Gasteiger partial charge in [-0.25, -0.2) is 0 Å². The van der Waals surface area contributed by atoms with Crippen LogP contribution in [0.15, 0.2) is 66.9 Å². The van der Waals surface area contributed by atoms with Crippen molar-refractivity contribution >= 4 is 0 Å². The van der Waals surface area contributed by atoms with Crippen molar-refractivity contribution in [3.8, 4) is 11.3 Å². The first-order valence-corrected chi connectivity index (χ1v) is 11.9. The van der Waals surface area contributed by atoms with E-state index >= 15 is 0 Å². The van der Waals surface area contributed by atoms with Gasteiger partial charge >= 0.3 is 0 Å². The van der Waals surface area contributed by atoms with E-state index in [9.17, 15) is 0 Å². The van der Waals surface area contributed by atoms with Crippen molar-refractivity contribution in [1.82, 2.24) is 4.98 Å². The van der Waals surface area contributed by atoms with Crippen LogP contribution in [0.4, 0.5) is 0 Å². The van der Waals surface area contributed by atoms with Gasteiger partial charge in [0.1, 0.15) is 0 Å². The van der Waals surface area contributed by atoms with Crippen LogP contribution in [0.2, 0.25) is 0 Å². The molecule has 0 unspecified atom stereocenters. The highest BCUT2D eigenvalue weighted by molar-refractivity contribution is 5.59. The lowest BCUT2D eigenvalue weighted by atomic mass is 10.0. The molecule has 0 atom stereocenters. The minimum atomic E-state index is 1.04. The van der Waals surface area contributed by atoms with E-state index in [2.05, 4.69) is 74.5 Å². The average Bonchev–Trinajstić information content (AvgIpc) is 2.81. The average molecular weight is 400 g/mol. The molecule has 0 aliphatic carbocycles. The highest BCUT2D eigenvalue weighted by atomic mass is 14.7. The van der Waals surface area contributed by atoms with E-state index in [-0.39, 0.29) is 0 Å². The Bertz CT molecular complexity index is 844. The number of benzene rings is 2. The van der Waals surface area contributed by atoms with Crippen LogP contribution in [0.1, 0.15) is 74.6 Å². The van der Waals surface area contributed by atoms with Gasteiger partial charge in [-0.2, -0.15) is 0 Å². The first-order valence-electron chi connectivity index (χ1n) is 11.9. The predicted molar refractivity (Wildman–Crippen MR) is 130 cm³/mol. The van der Waals surface area contributed by atoms with Crippen molar-refractivity contribution in [3.05, 3.63) is 89.1 Å². The zero-order chi connectivity index (χ0) is 21.0. The van der Waals surface area contributed by atoms with Crippen molar-refractivity contribution in [2.45, 2.75) is 78.1 Å². The zero-order valence-corrected chi connectivity index (χ0v) is 18.9. The second-order valence-electron chi connectivity index (χ2n) is 8.48.